The molecule has 1 atom stereocenters. The number of halogens is 4. The molecule has 0 radical (unpaired) electrons. The molecule has 2 aliphatic rings. The number of ether oxygens (including phenoxy) is 1. The quantitative estimate of drug-likeness (QED) is 0.318. The van der Waals surface area contributed by atoms with Gasteiger partial charge in [0.05, 0.1) is 23.3 Å². The van der Waals surface area contributed by atoms with Gasteiger partial charge < -0.3 is 4.74 Å². The van der Waals surface area contributed by atoms with Crippen molar-refractivity contribution in [3.8, 4) is 11.1 Å². The van der Waals surface area contributed by atoms with Gasteiger partial charge in [0.1, 0.15) is 17.4 Å². The zero-order valence-corrected chi connectivity index (χ0v) is 18.0. The van der Waals surface area contributed by atoms with Crippen LogP contribution >= 0.6 is 0 Å². The maximum Gasteiger partial charge on any atom is 0.305 e. The molecule has 2 aromatic carbocycles. The van der Waals surface area contributed by atoms with Crippen LogP contribution in [0.3, 0.4) is 0 Å². The molecule has 0 amide bonds. The Bertz CT molecular complexity index is 1010. The van der Waals surface area contributed by atoms with E-state index in [4.69, 9.17) is 4.74 Å². The van der Waals surface area contributed by atoms with Crippen molar-refractivity contribution in [1.82, 2.24) is 0 Å². The molecule has 0 bridgehead atoms. The predicted molar refractivity (Wildman–Crippen MR) is 115 cm³/mol. The maximum absolute atomic E-state index is 15.4. The number of fused-ring (bicyclic) bond motifs is 3. The highest BCUT2D eigenvalue weighted by atomic mass is 19.3. The summed E-state index contributed by atoms with van der Waals surface area (Å²) in [4.78, 5) is 0. The summed E-state index contributed by atoms with van der Waals surface area (Å²) < 4.78 is 67.0. The average Bonchev–Trinajstić information content (AvgIpc) is 2.99. The van der Waals surface area contributed by atoms with Gasteiger partial charge in [-0.1, -0.05) is 51.3 Å². The molecule has 0 saturated carbocycles. The van der Waals surface area contributed by atoms with Crippen LogP contribution in [0.2, 0.25) is 0 Å². The summed E-state index contributed by atoms with van der Waals surface area (Å²) in [7, 11) is 0. The molecular weight excluding hydrogens is 404 g/mol. The smallest absolute Gasteiger partial charge is 0.305 e. The number of rotatable bonds is 7. The molecule has 1 aliphatic heterocycles. The molecule has 1 aliphatic carbocycles. The van der Waals surface area contributed by atoms with E-state index in [1.54, 1.807) is 12.1 Å². The van der Waals surface area contributed by atoms with E-state index in [2.05, 4.69) is 6.92 Å². The molecule has 0 aromatic heterocycles. The van der Waals surface area contributed by atoms with Crippen LogP contribution in [0.1, 0.15) is 74.6 Å². The second-order valence-electron chi connectivity index (χ2n) is 8.61. The van der Waals surface area contributed by atoms with Crippen molar-refractivity contribution >= 4 is 5.76 Å². The third-order valence-electron chi connectivity index (χ3n) is 6.41. The molecule has 31 heavy (non-hydrogen) atoms. The molecule has 1 nitrogen and oxygen atoms in total. The van der Waals surface area contributed by atoms with Crippen LogP contribution < -0.4 is 0 Å². The highest BCUT2D eigenvalue weighted by Gasteiger charge is 2.50. The Hall–Kier alpha value is -2.30. The molecule has 4 rings (SSSR count). The zero-order chi connectivity index (χ0) is 22.2. The molecule has 2 aromatic rings. The minimum absolute atomic E-state index is 0.0183. The lowest BCUT2D eigenvalue weighted by molar-refractivity contribution is 0.0401. The van der Waals surface area contributed by atoms with E-state index < -0.39 is 28.7 Å². The van der Waals surface area contributed by atoms with Crippen LogP contribution in [0, 0.1) is 17.6 Å². The molecule has 1 heterocycles. The fourth-order valence-corrected chi connectivity index (χ4v) is 4.74. The van der Waals surface area contributed by atoms with E-state index in [9.17, 15) is 0 Å². The minimum Gasteiger partial charge on any atom is -0.493 e. The summed E-state index contributed by atoms with van der Waals surface area (Å²) in [6.45, 7) is 4.57. The molecule has 0 spiro atoms. The summed E-state index contributed by atoms with van der Waals surface area (Å²) in [5.74, 6) is -5.01. The number of aryl methyl sites for hydroxylation is 1. The van der Waals surface area contributed by atoms with Gasteiger partial charge in [0, 0.05) is 0 Å². The zero-order valence-electron chi connectivity index (χ0n) is 18.0. The highest BCUT2D eigenvalue weighted by Crippen LogP contribution is 2.54. The largest absolute Gasteiger partial charge is 0.493 e. The second kappa shape index (κ2) is 8.68. The molecule has 0 N–H and O–H groups in total. The van der Waals surface area contributed by atoms with E-state index in [1.165, 1.54) is 18.2 Å². The van der Waals surface area contributed by atoms with Gasteiger partial charge in [-0.3, -0.25) is 0 Å². The Labute approximate surface area is 181 Å². The Morgan fingerprint density at radius 1 is 0.903 bits per heavy atom. The lowest BCUT2D eigenvalue weighted by atomic mass is 9.95. The van der Waals surface area contributed by atoms with Gasteiger partial charge in [-0.25, -0.2) is 8.78 Å². The Morgan fingerprint density at radius 3 is 2.23 bits per heavy atom. The van der Waals surface area contributed by atoms with Crippen molar-refractivity contribution in [1.29, 1.82) is 0 Å². The standard InChI is InChI=1S/C26H28F4O/c1-3-5-6-8-17-10-11-18-19-12-13-20(21-14-9-16(7-4-2)15-31-21)25(28)23(19)26(29,30)22(18)24(17)27/h10-14,16H,3-9,15H2,1-2H3. The van der Waals surface area contributed by atoms with Crippen LogP contribution in [-0.2, 0) is 17.1 Å². The number of unbranched alkanes of at least 4 members (excludes halogenated alkanes) is 2. The summed E-state index contributed by atoms with van der Waals surface area (Å²) in [6.07, 6.45) is 7.52. The monoisotopic (exact) mass is 432 g/mol. The van der Waals surface area contributed by atoms with Gasteiger partial charge in [0.25, 0.3) is 0 Å². The SMILES string of the molecule is CCCCCc1ccc2c(c1F)C(F)(F)c1c-2ccc(C2=CCC(CCC)CO2)c1F. The average molecular weight is 433 g/mol. The molecule has 0 fully saturated rings. The normalized spacial score (nSPS) is 18.9. The van der Waals surface area contributed by atoms with Gasteiger partial charge in [-0.05, 0) is 60.4 Å². The predicted octanol–water partition coefficient (Wildman–Crippen LogP) is 8.00. The molecule has 5 heteroatoms. The summed E-state index contributed by atoms with van der Waals surface area (Å²) in [5.41, 5.74) is -1.03. The summed E-state index contributed by atoms with van der Waals surface area (Å²) in [5, 5.41) is 0. The van der Waals surface area contributed by atoms with Crippen molar-refractivity contribution in [3.63, 3.8) is 0 Å². The highest BCUT2D eigenvalue weighted by molar-refractivity contribution is 5.82. The first-order valence-corrected chi connectivity index (χ1v) is 11.3. The van der Waals surface area contributed by atoms with Crippen LogP contribution in [-0.4, -0.2) is 6.61 Å². The molecule has 1 unspecified atom stereocenters. The van der Waals surface area contributed by atoms with Crippen molar-refractivity contribution in [3.05, 3.63) is 64.2 Å². The van der Waals surface area contributed by atoms with Crippen molar-refractivity contribution in [2.75, 3.05) is 6.61 Å². The first kappa shape index (κ1) is 21.9. The summed E-state index contributed by atoms with van der Waals surface area (Å²) >= 11 is 0. The second-order valence-corrected chi connectivity index (χ2v) is 8.61. The molecule has 0 saturated heterocycles. The fraction of sp³-hybridized carbons (Fsp3) is 0.462. The number of hydrogen-bond donors (Lipinski definition) is 0. The minimum atomic E-state index is -3.73. The van der Waals surface area contributed by atoms with Crippen LogP contribution in [0.15, 0.2) is 30.3 Å². The number of benzene rings is 2. The fourth-order valence-electron chi connectivity index (χ4n) is 4.74. The lowest BCUT2D eigenvalue weighted by Crippen LogP contribution is -2.18. The third-order valence-corrected chi connectivity index (χ3v) is 6.41. The van der Waals surface area contributed by atoms with Gasteiger partial charge in [-0.2, -0.15) is 8.78 Å². The first-order chi connectivity index (χ1) is 14.9. The Balaban J connectivity index is 1.72. The maximum atomic E-state index is 15.4. The Morgan fingerprint density at radius 2 is 1.58 bits per heavy atom. The molecule has 166 valence electrons. The van der Waals surface area contributed by atoms with Crippen molar-refractivity contribution in [2.24, 2.45) is 5.92 Å². The van der Waals surface area contributed by atoms with Crippen molar-refractivity contribution in [2.45, 2.75) is 64.7 Å². The Kier molecular flexibility index (Phi) is 6.14. The summed E-state index contributed by atoms with van der Waals surface area (Å²) in [6, 6.07) is 6.00. The van der Waals surface area contributed by atoms with E-state index in [0.29, 0.717) is 24.7 Å². The number of allylic oxidation sites excluding steroid dienone is 1. The lowest BCUT2D eigenvalue weighted by Gasteiger charge is -2.24. The van der Waals surface area contributed by atoms with Crippen molar-refractivity contribution < 1.29 is 22.3 Å². The van der Waals surface area contributed by atoms with E-state index >= 15 is 17.6 Å². The van der Waals surface area contributed by atoms with Gasteiger partial charge in [-0.15, -0.1) is 0 Å². The van der Waals surface area contributed by atoms with Crippen LogP contribution in [0.5, 0.6) is 0 Å². The topological polar surface area (TPSA) is 9.23 Å². The number of alkyl halides is 2. The van der Waals surface area contributed by atoms with Crippen LogP contribution in [0.4, 0.5) is 17.6 Å². The third kappa shape index (κ3) is 3.77. The first-order valence-electron chi connectivity index (χ1n) is 11.3. The molecular formula is C26H28F4O. The van der Waals surface area contributed by atoms with Crippen LogP contribution in [0.25, 0.3) is 16.9 Å². The van der Waals surface area contributed by atoms with E-state index in [-0.39, 0.29) is 22.3 Å². The van der Waals surface area contributed by atoms with Gasteiger partial charge in [0.15, 0.2) is 0 Å². The van der Waals surface area contributed by atoms with E-state index in [0.717, 1.165) is 38.5 Å². The van der Waals surface area contributed by atoms with Gasteiger partial charge in [0.2, 0.25) is 0 Å². The van der Waals surface area contributed by atoms with Gasteiger partial charge >= 0.3 is 5.92 Å². The number of hydrogen-bond acceptors (Lipinski definition) is 1. The van der Waals surface area contributed by atoms with E-state index in [1.807, 2.05) is 6.92 Å².